The lowest BCUT2D eigenvalue weighted by molar-refractivity contribution is -0.116. The van der Waals surface area contributed by atoms with Crippen LogP contribution in [0.1, 0.15) is 17.5 Å². The van der Waals surface area contributed by atoms with Crippen molar-refractivity contribution in [2.45, 2.75) is 19.9 Å². The van der Waals surface area contributed by atoms with E-state index in [1.54, 1.807) is 13.2 Å². The summed E-state index contributed by atoms with van der Waals surface area (Å²) in [4.78, 5) is 25.4. The van der Waals surface area contributed by atoms with Crippen molar-refractivity contribution in [3.63, 3.8) is 0 Å². The highest BCUT2D eigenvalue weighted by molar-refractivity contribution is 14.0. The molecule has 1 amide bonds. The van der Waals surface area contributed by atoms with Crippen molar-refractivity contribution >= 4 is 41.7 Å². The van der Waals surface area contributed by atoms with Gasteiger partial charge >= 0.3 is 0 Å². The Kier molecular flexibility index (Phi) is 10.0. The van der Waals surface area contributed by atoms with Crippen molar-refractivity contribution in [2.24, 2.45) is 4.99 Å². The number of carbonyl (C=O) groups is 1. The zero-order chi connectivity index (χ0) is 20.5. The van der Waals surface area contributed by atoms with E-state index in [1.807, 2.05) is 19.1 Å². The first-order chi connectivity index (χ1) is 14.1. The Hall–Kier alpha value is -2.20. The van der Waals surface area contributed by atoms with Crippen LogP contribution in [-0.2, 0) is 11.3 Å². The molecule has 2 aromatic rings. The molecule has 0 atom stereocenters. The minimum Gasteiger partial charge on any atom is -0.356 e. The molecule has 1 fully saturated rings. The molecule has 2 N–H and O–H groups in total. The topological polar surface area (TPSA) is 72.9 Å². The maximum absolute atomic E-state index is 12.1. The van der Waals surface area contributed by atoms with Gasteiger partial charge in [-0.3, -0.25) is 14.7 Å². The van der Waals surface area contributed by atoms with E-state index in [2.05, 4.69) is 60.7 Å². The molecule has 1 aromatic heterocycles. The molecular weight excluding hydrogens is 491 g/mol. The molecule has 1 aromatic carbocycles. The molecular formula is C22H31IN6O. The van der Waals surface area contributed by atoms with E-state index < -0.39 is 0 Å². The van der Waals surface area contributed by atoms with Crippen molar-refractivity contribution in [3.8, 4) is 0 Å². The number of aromatic nitrogens is 1. The van der Waals surface area contributed by atoms with E-state index in [-0.39, 0.29) is 29.9 Å². The van der Waals surface area contributed by atoms with Gasteiger partial charge in [-0.25, -0.2) is 4.98 Å². The fourth-order valence-electron chi connectivity index (χ4n) is 3.33. The van der Waals surface area contributed by atoms with Crippen molar-refractivity contribution in [1.82, 2.24) is 20.1 Å². The standard InChI is InChI=1S/C22H30N6O.HI/c1-18-8-9-20(25-16-18)26-21(29)10-11-24-22(23-2)28-14-12-27(13-15-28)17-19-6-4-3-5-7-19;/h3-9,16H,10-15,17H2,1-2H3,(H,23,24)(H,25,26,29);1H. The number of amides is 1. The molecule has 0 unspecified atom stereocenters. The second-order valence-corrected chi connectivity index (χ2v) is 7.24. The summed E-state index contributed by atoms with van der Waals surface area (Å²) >= 11 is 0. The molecule has 2 heterocycles. The van der Waals surface area contributed by atoms with Crippen LogP contribution in [0.5, 0.6) is 0 Å². The average Bonchev–Trinajstić information content (AvgIpc) is 2.74. The number of hydrogen-bond donors (Lipinski definition) is 2. The molecule has 0 aliphatic carbocycles. The van der Waals surface area contributed by atoms with Gasteiger partial charge in [-0.2, -0.15) is 0 Å². The van der Waals surface area contributed by atoms with E-state index in [4.69, 9.17) is 0 Å². The monoisotopic (exact) mass is 522 g/mol. The Morgan fingerprint density at radius 3 is 2.47 bits per heavy atom. The minimum atomic E-state index is -0.0583. The highest BCUT2D eigenvalue weighted by Gasteiger charge is 2.19. The molecule has 1 aliphatic heterocycles. The first kappa shape index (κ1) is 24.1. The van der Waals surface area contributed by atoms with Gasteiger partial charge in [0.15, 0.2) is 5.96 Å². The molecule has 0 radical (unpaired) electrons. The molecule has 3 rings (SSSR count). The van der Waals surface area contributed by atoms with Crippen LogP contribution in [0.25, 0.3) is 0 Å². The fraction of sp³-hybridized carbons (Fsp3) is 0.409. The summed E-state index contributed by atoms with van der Waals surface area (Å²) in [7, 11) is 1.79. The summed E-state index contributed by atoms with van der Waals surface area (Å²) in [6, 6.07) is 14.3. The number of benzene rings is 1. The van der Waals surface area contributed by atoms with Crippen LogP contribution in [0.4, 0.5) is 5.82 Å². The second kappa shape index (κ2) is 12.5. The lowest BCUT2D eigenvalue weighted by atomic mass is 10.2. The van der Waals surface area contributed by atoms with Gasteiger partial charge in [0.2, 0.25) is 5.91 Å². The van der Waals surface area contributed by atoms with Crippen molar-refractivity contribution in [1.29, 1.82) is 0 Å². The third-order valence-corrected chi connectivity index (χ3v) is 4.95. The smallest absolute Gasteiger partial charge is 0.227 e. The predicted octanol–water partition coefficient (Wildman–Crippen LogP) is 2.73. The molecule has 7 nitrogen and oxygen atoms in total. The largest absolute Gasteiger partial charge is 0.356 e. The summed E-state index contributed by atoms with van der Waals surface area (Å²) in [6.45, 7) is 7.32. The van der Waals surface area contributed by atoms with Gasteiger partial charge in [-0.15, -0.1) is 24.0 Å². The van der Waals surface area contributed by atoms with Gasteiger partial charge in [0, 0.05) is 58.9 Å². The maximum Gasteiger partial charge on any atom is 0.227 e. The zero-order valence-corrected chi connectivity index (χ0v) is 20.0. The third kappa shape index (κ3) is 7.56. The van der Waals surface area contributed by atoms with Crippen LogP contribution in [0.2, 0.25) is 0 Å². The number of hydrogen-bond acceptors (Lipinski definition) is 4. The minimum absolute atomic E-state index is 0. The average molecular weight is 522 g/mol. The Balaban J connectivity index is 0.00000320. The number of nitrogens with one attached hydrogen (secondary N) is 2. The van der Waals surface area contributed by atoms with Crippen LogP contribution < -0.4 is 10.6 Å². The lowest BCUT2D eigenvalue weighted by Gasteiger charge is -2.36. The number of halogens is 1. The van der Waals surface area contributed by atoms with Crippen molar-refractivity contribution < 1.29 is 4.79 Å². The normalized spacial score (nSPS) is 14.7. The fourth-order valence-corrected chi connectivity index (χ4v) is 3.33. The summed E-state index contributed by atoms with van der Waals surface area (Å²) in [5, 5.41) is 6.12. The van der Waals surface area contributed by atoms with Crippen LogP contribution in [0, 0.1) is 6.92 Å². The van der Waals surface area contributed by atoms with E-state index in [9.17, 15) is 4.79 Å². The number of rotatable bonds is 6. The van der Waals surface area contributed by atoms with E-state index in [0.717, 1.165) is 44.2 Å². The number of anilines is 1. The summed E-state index contributed by atoms with van der Waals surface area (Å²) in [5.41, 5.74) is 2.41. The molecule has 1 aliphatic rings. The van der Waals surface area contributed by atoms with Crippen LogP contribution in [-0.4, -0.2) is 66.4 Å². The quantitative estimate of drug-likeness (QED) is 0.347. The summed E-state index contributed by atoms with van der Waals surface area (Å²) in [5.74, 6) is 1.38. The highest BCUT2D eigenvalue weighted by Crippen LogP contribution is 2.09. The van der Waals surface area contributed by atoms with Crippen LogP contribution >= 0.6 is 24.0 Å². The van der Waals surface area contributed by atoms with Crippen LogP contribution in [0.3, 0.4) is 0 Å². The highest BCUT2D eigenvalue weighted by atomic mass is 127. The van der Waals surface area contributed by atoms with Gasteiger partial charge in [-0.1, -0.05) is 36.4 Å². The number of carbonyl (C=O) groups excluding carboxylic acids is 1. The summed E-state index contributed by atoms with van der Waals surface area (Å²) < 4.78 is 0. The number of aryl methyl sites for hydroxylation is 1. The molecule has 8 heteroatoms. The molecule has 0 bridgehead atoms. The number of aliphatic imine (C=N–C) groups is 1. The van der Waals surface area contributed by atoms with Crippen molar-refractivity contribution in [2.75, 3.05) is 45.1 Å². The van der Waals surface area contributed by atoms with E-state index in [0.29, 0.717) is 18.8 Å². The maximum atomic E-state index is 12.1. The Bertz CT molecular complexity index is 804. The first-order valence-corrected chi connectivity index (χ1v) is 10.1. The number of guanidine groups is 1. The number of nitrogens with zero attached hydrogens (tertiary/aromatic N) is 4. The zero-order valence-electron chi connectivity index (χ0n) is 17.7. The molecule has 0 saturated carbocycles. The Labute approximate surface area is 196 Å². The van der Waals surface area contributed by atoms with Crippen LogP contribution in [0.15, 0.2) is 53.7 Å². The predicted molar refractivity (Wildman–Crippen MR) is 132 cm³/mol. The molecule has 1 saturated heterocycles. The first-order valence-electron chi connectivity index (χ1n) is 10.1. The van der Waals surface area contributed by atoms with Gasteiger partial charge in [0.25, 0.3) is 0 Å². The van der Waals surface area contributed by atoms with Crippen molar-refractivity contribution in [3.05, 3.63) is 59.8 Å². The van der Waals surface area contributed by atoms with E-state index in [1.165, 1.54) is 5.56 Å². The second-order valence-electron chi connectivity index (χ2n) is 7.24. The Morgan fingerprint density at radius 1 is 1.10 bits per heavy atom. The Morgan fingerprint density at radius 2 is 1.83 bits per heavy atom. The third-order valence-electron chi connectivity index (χ3n) is 4.95. The molecule has 0 spiro atoms. The van der Waals surface area contributed by atoms with Gasteiger partial charge in [0.05, 0.1) is 0 Å². The molecule has 162 valence electrons. The number of piperazine rings is 1. The molecule has 30 heavy (non-hydrogen) atoms. The van der Waals surface area contributed by atoms with Gasteiger partial charge < -0.3 is 15.5 Å². The van der Waals surface area contributed by atoms with E-state index >= 15 is 0 Å². The summed E-state index contributed by atoms with van der Waals surface area (Å²) in [6.07, 6.45) is 2.11. The lowest BCUT2D eigenvalue weighted by Crippen LogP contribution is -2.52. The van der Waals surface area contributed by atoms with Gasteiger partial charge in [-0.05, 0) is 24.1 Å². The van der Waals surface area contributed by atoms with Gasteiger partial charge in [0.1, 0.15) is 5.82 Å². The number of pyridine rings is 1. The SMILES string of the molecule is CN=C(NCCC(=O)Nc1ccc(C)cn1)N1CCN(Cc2ccccc2)CC1.I.